The topological polar surface area (TPSA) is 108 Å². The summed E-state index contributed by atoms with van der Waals surface area (Å²) in [5, 5.41) is 13.7. The highest BCUT2D eigenvalue weighted by molar-refractivity contribution is 7.45. The van der Waals surface area contributed by atoms with E-state index in [9.17, 15) is 19.4 Å². The Bertz CT molecular complexity index is 1240. The largest absolute Gasteiger partial charge is 0.756 e. The zero-order valence-corrected chi connectivity index (χ0v) is 37.6. The monoisotopic (exact) mass is 815 g/mol. The number of nitrogens with one attached hydrogen (secondary N) is 1. The summed E-state index contributed by atoms with van der Waals surface area (Å²) in [6.07, 6.45) is 54.6. The molecule has 0 aromatic heterocycles. The maximum atomic E-state index is 12.8. The van der Waals surface area contributed by atoms with Crippen LogP contribution in [0.25, 0.3) is 0 Å². The number of carbonyl (C=O) groups is 1. The van der Waals surface area contributed by atoms with Gasteiger partial charge in [0.2, 0.25) is 5.91 Å². The second kappa shape index (κ2) is 38.9. The minimum atomic E-state index is -4.61. The number of phosphoric ester groups is 1. The van der Waals surface area contributed by atoms with E-state index in [1.165, 1.54) is 38.5 Å². The third-order valence-corrected chi connectivity index (χ3v) is 9.99. The van der Waals surface area contributed by atoms with Gasteiger partial charge in [-0.05, 0) is 83.5 Å². The number of hydrogen-bond donors (Lipinski definition) is 2. The van der Waals surface area contributed by atoms with Crippen LogP contribution in [0.4, 0.5) is 0 Å². The normalized spacial score (nSPS) is 15.3. The molecular weight excluding hydrogens is 732 g/mol. The molecule has 0 radical (unpaired) electrons. The van der Waals surface area contributed by atoms with Crippen LogP contribution in [0.1, 0.15) is 149 Å². The highest BCUT2D eigenvalue weighted by Crippen LogP contribution is 2.38. The fraction of sp³-hybridized carbons (Fsp3) is 0.646. The summed E-state index contributed by atoms with van der Waals surface area (Å²) in [5.41, 5.74) is 0. The Hall–Kier alpha value is -2.58. The quantitative estimate of drug-likeness (QED) is 0.0278. The molecule has 326 valence electrons. The smallest absolute Gasteiger partial charge is 0.268 e. The molecule has 0 aromatic carbocycles. The van der Waals surface area contributed by atoms with Gasteiger partial charge in [0.1, 0.15) is 13.2 Å². The van der Waals surface area contributed by atoms with E-state index in [1.54, 1.807) is 6.08 Å². The average Bonchev–Trinajstić information content (AvgIpc) is 3.16. The Morgan fingerprint density at radius 1 is 0.632 bits per heavy atom. The Morgan fingerprint density at radius 2 is 1.09 bits per heavy atom. The van der Waals surface area contributed by atoms with E-state index >= 15 is 0 Å². The maximum absolute atomic E-state index is 12.8. The zero-order valence-electron chi connectivity index (χ0n) is 36.7. The molecular formula is C48H83N2O6P. The van der Waals surface area contributed by atoms with Gasteiger partial charge in [-0.25, -0.2) is 0 Å². The molecule has 0 heterocycles. The number of rotatable bonds is 38. The van der Waals surface area contributed by atoms with Crippen molar-refractivity contribution in [3.63, 3.8) is 0 Å². The second-order valence-corrected chi connectivity index (χ2v) is 17.1. The molecule has 3 unspecified atom stereocenters. The van der Waals surface area contributed by atoms with Crippen LogP contribution in [-0.2, 0) is 18.4 Å². The fourth-order valence-corrected chi connectivity index (χ4v) is 6.24. The Balaban J connectivity index is 4.49. The molecule has 1 amide bonds. The summed E-state index contributed by atoms with van der Waals surface area (Å²) in [4.78, 5) is 25.3. The van der Waals surface area contributed by atoms with Gasteiger partial charge in [0.25, 0.3) is 7.82 Å². The van der Waals surface area contributed by atoms with Gasteiger partial charge in [0.05, 0.1) is 39.9 Å². The van der Waals surface area contributed by atoms with E-state index in [0.29, 0.717) is 23.9 Å². The van der Waals surface area contributed by atoms with E-state index in [-0.39, 0.29) is 12.5 Å². The Kier molecular flexibility index (Phi) is 37.2. The van der Waals surface area contributed by atoms with Crippen molar-refractivity contribution in [2.75, 3.05) is 40.9 Å². The maximum Gasteiger partial charge on any atom is 0.268 e. The van der Waals surface area contributed by atoms with Crippen LogP contribution in [0.15, 0.2) is 97.2 Å². The summed E-state index contributed by atoms with van der Waals surface area (Å²) in [6.45, 7) is 4.44. The highest BCUT2D eigenvalue weighted by Gasteiger charge is 2.23. The molecule has 0 aliphatic heterocycles. The minimum absolute atomic E-state index is 0.0176. The van der Waals surface area contributed by atoms with Gasteiger partial charge in [-0.2, -0.15) is 0 Å². The standard InChI is InChI=1S/C48H83N2O6P/c1-6-8-10-12-14-16-18-20-21-22-23-24-25-26-27-28-29-30-32-34-36-38-40-42-48(52)49-46(45-56-57(53,54)55-44-43-50(3,4)5)47(51)41-39-37-35-33-31-19-17-15-13-11-9-7-2/h8,10,14,16,20-21,23-24,26-27,29-31,33,39,41,46-47,51H,6-7,9,11-13,15,17-19,22,25,28,32,34-38,40,42-45H2,1-5H3,(H-,49,52,53,54)/b10-8-,16-14-,21-20-,24-23-,27-26-,30-29-,33-31+,41-39+. The molecule has 0 aliphatic carbocycles. The lowest BCUT2D eigenvalue weighted by atomic mass is 10.1. The molecule has 0 bridgehead atoms. The molecule has 0 aliphatic rings. The number of unbranched alkanes of at least 4 members (excludes halogenated alkanes) is 11. The third kappa shape index (κ3) is 41.4. The number of amides is 1. The van der Waals surface area contributed by atoms with Gasteiger partial charge in [0, 0.05) is 6.42 Å². The molecule has 0 fully saturated rings. The summed E-state index contributed by atoms with van der Waals surface area (Å²) in [6, 6.07) is -0.922. The predicted molar refractivity (Wildman–Crippen MR) is 242 cm³/mol. The molecule has 57 heavy (non-hydrogen) atoms. The molecule has 0 aromatic rings. The van der Waals surface area contributed by atoms with Gasteiger partial charge in [-0.15, -0.1) is 0 Å². The summed E-state index contributed by atoms with van der Waals surface area (Å²) >= 11 is 0. The van der Waals surface area contributed by atoms with Crippen LogP contribution in [-0.4, -0.2) is 68.5 Å². The molecule has 0 saturated heterocycles. The van der Waals surface area contributed by atoms with Crippen LogP contribution in [0.3, 0.4) is 0 Å². The number of allylic oxidation sites excluding steroid dienone is 15. The van der Waals surface area contributed by atoms with Crippen molar-refractivity contribution < 1.29 is 32.9 Å². The first kappa shape index (κ1) is 54.4. The molecule has 3 atom stereocenters. The van der Waals surface area contributed by atoms with E-state index in [2.05, 4.69) is 104 Å². The van der Waals surface area contributed by atoms with Crippen molar-refractivity contribution >= 4 is 13.7 Å². The minimum Gasteiger partial charge on any atom is -0.756 e. The number of phosphoric acid groups is 1. The van der Waals surface area contributed by atoms with E-state index < -0.39 is 26.6 Å². The number of carbonyl (C=O) groups excluding carboxylic acids is 1. The van der Waals surface area contributed by atoms with Crippen LogP contribution in [0, 0.1) is 0 Å². The Labute approximate surface area is 349 Å². The van der Waals surface area contributed by atoms with Crippen LogP contribution >= 0.6 is 7.82 Å². The lowest BCUT2D eigenvalue weighted by Gasteiger charge is -2.29. The van der Waals surface area contributed by atoms with Gasteiger partial charge in [-0.1, -0.05) is 156 Å². The number of hydrogen-bond acceptors (Lipinski definition) is 6. The van der Waals surface area contributed by atoms with Crippen LogP contribution in [0.2, 0.25) is 0 Å². The highest BCUT2D eigenvalue weighted by atomic mass is 31.2. The van der Waals surface area contributed by atoms with Gasteiger partial charge >= 0.3 is 0 Å². The van der Waals surface area contributed by atoms with Crippen molar-refractivity contribution in [1.82, 2.24) is 5.32 Å². The lowest BCUT2D eigenvalue weighted by Crippen LogP contribution is -2.45. The Morgan fingerprint density at radius 3 is 1.63 bits per heavy atom. The first-order valence-corrected chi connectivity index (χ1v) is 23.6. The van der Waals surface area contributed by atoms with Crippen LogP contribution < -0.4 is 10.2 Å². The van der Waals surface area contributed by atoms with Gasteiger partial charge < -0.3 is 28.8 Å². The molecule has 0 spiro atoms. The fourth-order valence-electron chi connectivity index (χ4n) is 5.52. The lowest BCUT2D eigenvalue weighted by molar-refractivity contribution is -0.870. The van der Waals surface area contributed by atoms with Crippen molar-refractivity contribution in [2.45, 2.75) is 161 Å². The molecule has 0 saturated carbocycles. The summed E-state index contributed by atoms with van der Waals surface area (Å²) in [7, 11) is 1.20. The number of likely N-dealkylation sites (N-methyl/N-ethyl adjacent to an activating group) is 1. The second-order valence-electron chi connectivity index (χ2n) is 15.7. The third-order valence-electron chi connectivity index (χ3n) is 9.03. The molecule has 8 nitrogen and oxygen atoms in total. The average molecular weight is 815 g/mol. The zero-order chi connectivity index (χ0) is 42.1. The number of quaternary nitrogens is 1. The first-order valence-electron chi connectivity index (χ1n) is 22.1. The predicted octanol–water partition coefficient (Wildman–Crippen LogP) is 11.7. The van der Waals surface area contributed by atoms with Crippen molar-refractivity contribution in [3.8, 4) is 0 Å². The van der Waals surface area contributed by atoms with Crippen molar-refractivity contribution in [1.29, 1.82) is 0 Å². The van der Waals surface area contributed by atoms with Gasteiger partial charge in [0.15, 0.2) is 0 Å². The summed E-state index contributed by atoms with van der Waals surface area (Å²) in [5.74, 6) is -0.239. The number of aliphatic hydroxyl groups excluding tert-OH is 1. The number of aliphatic hydroxyl groups is 1. The van der Waals surface area contributed by atoms with E-state index in [1.807, 2.05) is 27.2 Å². The SMILES string of the molecule is CC/C=C\C/C=C\C/C=C\C/C=C\C/C=C\C/C=C\CCCCCCC(=O)NC(COP(=O)([O-])OCC[N+](C)(C)C)C(O)/C=C/CC/C=C/CCCCCCCC. The molecule has 9 heteroatoms. The summed E-state index contributed by atoms with van der Waals surface area (Å²) < 4.78 is 23.1. The van der Waals surface area contributed by atoms with Crippen molar-refractivity contribution in [3.05, 3.63) is 97.2 Å². The first-order chi connectivity index (χ1) is 27.5. The van der Waals surface area contributed by atoms with Gasteiger partial charge in [-0.3, -0.25) is 9.36 Å². The number of nitrogens with zero attached hydrogens (tertiary/aromatic N) is 1. The van der Waals surface area contributed by atoms with Crippen LogP contribution in [0.5, 0.6) is 0 Å². The van der Waals surface area contributed by atoms with Crippen molar-refractivity contribution in [2.24, 2.45) is 0 Å². The molecule has 0 rings (SSSR count). The van der Waals surface area contributed by atoms with E-state index in [4.69, 9.17) is 9.05 Å². The van der Waals surface area contributed by atoms with E-state index in [0.717, 1.165) is 83.5 Å². The molecule has 2 N–H and O–H groups in total.